The second kappa shape index (κ2) is 8.67. The zero-order valence-electron chi connectivity index (χ0n) is 16.8. The summed E-state index contributed by atoms with van der Waals surface area (Å²) >= 11 is 1.76. The lowest BCUT2D eigenvalue weighted by Gasteiger charge is -2.15. The fourth-order valence-corrected chi connectivity index (χ4v) is 4.24. The number of ether oxygens (including phenoxy) is 1. The van der Waals surface area contributed by atoms with Gasteiger partial charge in [0.2, 0.25) is 0 Å². The van der Waals surface area contributed by atoms with Gasteiger partial charge in [-0.05, 0) is 51.0 Å². The van der Waals surface area contributed by atoms with Crippen molar-refractivity contribution in [2.24, 2.45) is 0 Å². The van der Waals surface area contributed by atoms with Gasteiger partial charge >= 0.3 is 0 Å². The molecule has 27 heavy (non-hydrogen) atoms. The van der Waals surface area contributed by atoms with Gasteiger partial charge in [0.25, 0.3) is 0 Å². The lowest BCUT2D eigenvalue weighted by Crippen LogP contribution is -3.10. The maximum Gasteiger partial charge on any atom is 0.187 e. The molecule has 0 saturated carbocycles. The van der Waals surface area contributed by atoms with Crippen LogP contribution >= 0.6 is 11.3 Å². The number of hydrogen-bond acceptors (Lipinski definition) is 5. The Labute approximate surface area is 165 Å². The molecule has 0 unspecified atom stereocenters. The number of aryl methyl sites for hydroxylation is 2. The number of nitrogens with one attached hydrogen (secondary N) is 2. The molecule has 0 bridgehead atoms. The van der Waals surface area contributed by atoms with Crippen LogP contribution < -0.4 is 15.0 Å². The van der Waals surface area contributed by atoms with Gasteiger partial charge in [0, 0.05) is 11.4 Å². The average Bonchev–Trinajstić information content (AvgIpc) is 2.98. The lowest BCUT2D eigenvalue weighted by molar-refractivity contribution is -0.910. The van der Waals surface area contributed by atoms with Gasteiger partial charge in [0.15, 0.2) is 5.82 Å². The minimum absolute atomic E-state index is 0.704. The van der Waals surface area contributed by atoms with E-state index in [1.165, 1.54) is 20.9 Å². The lowest BCUT2D eigenvalue weighted by atomic mass is 10.2. The number of nitrogens with zero attached hydrogens (tertiary/aromatic N) is 2. The van der Waals surface area contributed by atoms with Crippen molar-refractivity contribution in [3.05, 3.63) is 46.1 Å². The summed E-state index contributed by atoms with van der Waals surface area (Å²) in [6.07, 6.45) is 0. The fourth-order valence-electron chi connectivity index (χ4n) is 3.19. The van der Waals surface area contributed by atoms with Crippen molar-refractivity contribution in [1.82, 2.24) is 9.97 Å². The van der Waals surface area contributed by atoms with E-state index in [0.717, 1.165) is 47.2 Å². The SMILES string of the molecule is CC[NH+](CC)Cc1nc(NCc2cccc(OC)c2)c2c(C)c(C)sc2n1. The summed E-state index contributed by atoms with van der Waals surface area (Å²) in [6.45, 7) is 12.4. The van der Waals surface area contributed by atoms with Crippen molar-refractivity contribution < 1.29 is 9.64 Å². The van der Waals surface area contributed by atoms with Gasteiger partial charge in [0.05, 0.1) is 25.6 Å². The van der Waals surface area contributed by atoms with Crippen LogP contribution in [0.3, 0.4) is 0 Å². The molecule has 0 saturated heterocycles. The number of hydrogen-bond donors (Lipinski definition) is 2. The summed E-state index contributed by atoms with van der Waals surface area (Å²) in [5, 5.41) is 4.70. The number of methoxy groups -OCH3 is 1. The molecule has 6 heteroatoms. The minimum atomic E-state index is 0.704. The number of aromatic nitrogens is 2. The van der Waals surface area contributed by atoms with E-state index in [1.807, 2.05) is 12.1 Å². The van der Waals surface area contributed by atoms with Crippen LogP contribution in [0.15, 0.2) is 24.3 Å². The first kappa shape index (κ1) is 19.6. The Morgan fingerprint density at radius 2 is 1.93 bits per heavy atom. The van der Waals surface area contributed by atoms with E-state index < -0.39 is 0 Å². The van der Waals surface area contributed by atoms with Crippen LogP contribution in [-0.4, -0.2) is 30.2 Å². The summed E-state index contributed by atoms with van der Waals surface area (Å²) in [5.74, 6) is 2.72. The topological polar surface area (TPSA) is 51.5 Å². The van der Waals surface area contributed by atoms with Gasteiger partial charge < -0.3 is 15.0 Å². The molecule has 0 aliphatic rings. The maximum atomic E-state index is 5.33. The molecule has 0 aliphatic carbocycles. The predicted molar refractivity (Wildman–Crippen MR) is 113 cm³/mol. The molecule has 0 radical (unpaired) electrons. The van der Waals surface area contributed by atoms with E-state index in [-0.39, 0.29) is 0 Å². The highest BCUT2D eigenvalue weighted by Gasteiger charge is 2.16. The van der Waals surface area contributed by atoms with Crippen molar-refractivity contribution in [3.8, 4) is 5.75 Å². The van der Waals surface area contributed by atoms with Crippen molar-refractivity contribution in [3.63, 3.8) is 0 Å². The summed E-state index contributed by atoms with van der Waals surface area (Å²) in [6, 6.07) is 8.13. The molecule has 2 aromatic heterocycles. The van der Waals surface area contributed by atoms with Gasteiger partial charge in [0.1, 0.15) is 22.9 Å². The molecule has 0 spiro atoms. The highest BCUT2D eigenvalue weighted by Crippen LogP contribution is 2.33. The van der Waals surface area contributed by atoms with Crippen LogP contribution in [0.5, 0.6) is 5.75 Å². The molecular formula is C21H29N4OS+. The Morgan fingerprint density at radius 1 is 1.15 bits per heavy atom. The number of fused-ring (bicyclic) bond motifs is 1. The van der Waals surface area contributed by atoms with Gasteiger partial charge in [-0.1, -0.05) is 12.1 Å². The molecule has 3 rings (SSSR count). The van der Waals surface area contributed by atoms with E-state index >= 15 is 0 Å². The highest BCUT2D eigenvalue weighted by atomic mass is 32.1. The largest absolute Gasteiger partial charge is 0.497 e. The Kier molecular flexibility index (Phi) is 6.29. The van der Waals surface area contributed by atoms with Gasteiger partial charge in [-0.15, -0.1) is 11.3 Å². The maximum absolute atomic E-state index is 5.33. The van der Waals surface area contributed by atoms with E-state index in [4.69, 9.17) is 14.7 Å². The number of anilines is 1. The van der Waals surface area contributed by atoms with Crippen LogP contribution in [0, 0.1) is 13.8 Å². The fraction of sp³-hybridized carbons (Fsp3) is 0.429. The monoisotopic (exact) mass is 385 g/mol. The van der Waals surface area contributed by atoms with Crippen molar-refractivity contribution in [2.45, 2.75) is 40.8 Å². The van der Waals surface area contributed by atoms with E-state index in [1.54, 1.807) is 18.4 Å². The first-order chi connectivity index (χ1) is 13.0. The molecule has 0 fully saturated rings. The van der Waals surface area contributed by atoms with E-state index in [0.29, 0.717) is 6.54 Å². The number of benzene rings is 1. The zero-order valence-corrected chi connectivity index (χ0v) is 17.7. The second-order valence-electron chi connectivity index (χ2n) is 6.79. The Bertz CT molecular complexity index is 918. The van der Waals surface area contributed by atoms with Crippen LogP contribution in [-0.2, 0) is 13.1 Å². The van der Waals surface area contributed by atoms with Crippen molar-refractivity contribution in [1.29, 1.82) is 0 Å². The van der Waals surface area contributed by atoms with Gasteiger partial charge in [-0.3, -0.25) is 0 Å². The summed E-state index contributed by atoms with van der Waals surface area (Å²) in [5.41, 5.74) is 2.44. The Morgan fingerprint density at radius 3 is 2.63 bits per heavy atom. The third kappa shape index (κ3) is 4.39. The average molecular weight is 386 g/mol. The number of rotatable bonds is 8. The highest BCUT2D eigenvalue weighted by molar-refractivity contribution is 7.18. The molecule has 0 aliphatic heterocycles. The molecule has 3 aromatic rings. The number of thiophene rings is 1. The van der Waals surface area contributed by atoms with Crippen LogP contribution in [0.4, 0.5) is 5.82 Å². The number of quaternary nitrogens is 1. The summed E-state index contributed by atoms with van der Waals surface area (Å²) < 4.78 is 5.33. The van der Waals surface area contributed by atoms with Gasteiger partial charge in [-0.2, -0.15) is 0 Å². The molecule has 144 valence electrons. The van der Waals surface area contributed by atoms with Crippen molar-refractivity contribution >= 4 is 27.4 Å². The predicted octanol–water partition coefficient (Wildman–Crippen LogP) is 3.35. The molecule has 1 aromatic carbocycles. The van der Waals surface area contributed by atoms with Gasteiger partial charge in [-0.25, -0.2) is 9.97 Å². The summed E-state index contributed by atoms with van der Waals surface area (Å²) in [4.78, 5) is 13.6. The summed E-state index contributed by atoms with van der Waals surface area (Å²) in [7, 11) is 1.69. The smallest absolute Gasteiger partial charge is 0.187 e. The minimum Gasteiger partial charge on any atom is -0.497 e. The molecule has 5 nitrogen and oxygen atoms in total. The molecule has 0 atom stereocenters. The van der Waals surface area contributed by atoms with Crippen LogP contribution in [0.2, 0.25) is 0 Å². The first-order valence-corrected chi connectivity index (χ1v) is 10.3. The van der Waals surface area contributed by atoms with E-state index in [2.05, 4.69) is 45.1 Å². The zero-order chi connectivity index (χ0) is 19.4. The van der Waals surface area contributed by atoms with Crippen molar-refractivity contribution in [2.75, 3.05) is 25.5 Å². The molecular weight excluding hydrogens is 356 g/mol. The molecule has 2 N–H and O–H groups in total. The third-order valence-corrected chi connectivity index (χ3v) is 6.18. The third-order valence-electron chi connectivity index (χ3n) is 5.08. The Balaban J connectivity index is 1.93. The quantitative estimate of drug-likeness (QED) is 0.624. The Hall–Kier alpha value is -2.18. The normalized spacial score (nSPS) is 11.3. The van der Waals surface area contributed by atoms with Crippen LogP contribution in [0.25, 0.3) is 10.2 Å². The van der Waals surface area contributed by atoms with E-state index in [9.17, 15) is 0 Å². The molecule has 0 amide bonds. The standard InChI is InChI=1S/C21H28N4OS/c1-6-25(7-2)13-18-23-20(19-14(3)15(4)27-21(19)24-18)22-12-16-9-8-10-17(11-16)26-5/h8-11H,6-7,12-13H2,1-5H3,(H,22,23,24)/p+1. The van der Waals surface area contributed by atoms with Crippen LogP contribution in [0.1, 0.15) is 35.7 Å². The first-order valence-electron chi connectivity index (χ1n) is 9.52. The second-order valence-corrected chi connectivity index (χ2v) is 7.99. The molecule has 2 heterocycles.